The van der Waals surface area contributed by atoms with Gasteiger partial charge in [-0.25, -0.2) is 4.98 Å². The molecule has 6 heteroatoms. The quantitative estimate of drug-likeness (QED) is 0.826. The van der Waals surface area contributed by atoms with Crippen molar-refractivity contribution >= 4 is 5.97 Å². The van der Waals surface area contributed by atoms with E-state index in [0.717, 1.165) is 17.7 Å². The molecule has 0 aliphatic carbocycles. The van der Waals surface area contributed by atoms with E-state index in [1.807, 2.05) is 0 Å². The number of aliphatic carboxylic acids is 1. The lowest BCUT2D eigenvalue weighted by Gasteiger charge is -2.18. The zero-order valence-corrected chi connectivity index (χ0v) is 9.60. The number of nitrogens with zero attached hydrogens (tertiary/aromatic N) is 2. The van der Waals surface area contributed by atoms with Crippen molar-refractivity contribution in [3.05, 3.63) is 17.1 Å². The number of aryl methyl sites for hydroxylation is 1. The van der Waals surface area contributed by atoms with Crippen molar-refractivity contribution in [1.29, 1.82) is 0 Å². The molecule has 1 aliphatic rings. The molecule has 92 valence electrons. The van der Waals surface area contributed by atoms with Crippen LogP contribution in [-0.4, -0.2) is 34.8 Å². The molecule has 0 fully saturated rings. The van der Waals surface area contributed by atoms with Crippen LogP contribution in [0, 0.1) is 0 Å². The number of rotatable bonds is 4. The molecule has 1 N–H and O–H groups in total. The number of carbonyl (C=O) groups is 1. The minimum atomic E-state index is -0.860. The Bertz CT molecular complexity index is 416. The summed E-state index contributed by atoms with van der Waals surface area (Å²) < 4.78 is 10.5. The lowest BCUT2D eigenvalue weighted by atomic mass is 10.1. The SMILES string of the molecule is COc1nc(CCC(=O)O)nc2c1CCOC2. The zero-order valence-electron chi connectivity index (χ0n) is 9.60. The second-order valence-corrected chi connectivity index (χ2v) is 3.77. The minimum absolute atomic E-state index is 0.0167. The van der Waals surface area contributed by atoms with Crippen LogP contribution in [0.25, 0.3) is 0 Å². The fraction of sp³-hybridized carbons (Fsp3) is 0.545. The van der Waals surface area contributed by atoms with Gasteiger partial charge in [0.1, 0.15) is 5.82 Å². The van der Waals surface area contributed by atoms with Gasteiger partial charge in [0, 0.05) is 18.4 Å². The Labute approximate surface area is 98.6 Å². The number of aromatic nitrogens is 2. The van der Waals surface area contributed by atoms with E-state index >= 15 is 0 Å². The van der Waals surface area contributed by atoms with Crippen molar-refractivity contribution in [2.24, 2.45) is 0 Å². The molecule has 1 aromatic rings. The molecule has 0 aromatic carbocycles. The predicted octanol–water partition coefficient (Wildman–Crippen LogP) is 0.575. The van der Waals surface area contributed by atoms with E-state index in [1.165, 1.54) is 0 Å². The van der Waals surface area contributed by atoms with Gasteiger partial charge >= 0.3 is 5.97 Å². The van der Waals surface area contributed by atoms with Crippen molar-refractivity contribution < 1.29 is 19.4 Å². The first-order valence-corrected chi connectivity index (χ1v) is 5.43. The molecule has 0 radical (unpaired) electrons. The van der Waals surface area contributed by atoms with Gasteiger partial charge in [-0.05, 0) is 0 Å². The molecule has 0 amide bonds. The summed E-state index contributed by atoms with van der Waals surface area (Å²) in [5, 5.41) is 8.63. The van der Waals surface area contributed by atoms with Gasteiger partial charge in [0.25, 0.3) is 0 Å². The maximum Gasteiger partial charge on any atom is 0.303 e. The highest BCUT2D eigenvalue weighted by atomic mass is 16.5. The zero-order chi connectivity index (χ0) is 12.3. The average Bonchev–Trinajstić information content (AvgIpc) is 2.35. The van der Waals surface area contributed by atoms with Crippen molar-refractivity contribution in [1.82, 2.24) is 9.97 Å². The summed E-state index contributed by atoms with van der Waals surface area (Å²) in [4.78, 5) is 19.0. The van der Waals surface area contributed by atoms with E-state index in [4.69, 9.17) is 14.6 Å². The highest BCUT2D eigenvalue weighted by molar-refractivity contribution is 5.66. The first-order chi connectivity index (χ1) is 8.20. The Kier molecular flexibility index (Phi) is 3.53. The molecule has 6 nitrogen and oxygen atoms in total. The van der Waals surface area contributed by atoms with Gasteiger partial charge in [0.05, 0.1) is 32.4 Å². The van der Waals surface area contributed by atoms with Gasteiger partial charge in [0.15, 0.2) is 0 Å². The molecule has 0 unspecified atom stereocenters. The summed E-state index contributed by atoms with van der Waals surface area (Å²) in [5.74, 6) is 0.175. The van der Waals surface area contributed by atoms with Gasteiger partial charge in [-0.1, -0.05) is 0 Å². The van der Waals surface area contributed by atoms with Crippen LogP contribution in [0.5, 0.6) is 5.88 Å². The predicted molar refractivity (Wildman–Crippen MR) is 57.9 cm³/mol. The number of hydrogen-bond donors (Lipinski definition) is 1. The lowest BCUT2D eigenvalue weighted by molar-refractivity contribution is -0.137. The number of hydrogen-bond acceptors (Lipinski definition) is 5. The number of ether oxygens (including phenoxy) is 2. The van der Waals surface area contributed by atoms with Crippen LogP contribution < -0.4 is 4.74 Å². The second-order valence-electron chi connectivity index (χ2n) is 3.77. The molecule has 2 rings (SSSR count). The van der Waals surface area contributed by atoms with Crippen LogP contribution in [0.3, 0.4) is 0 Å². The number of methoxy groups -OCH3 is 1. The molecule has 0 spiro atoms. The maximum absolute atomic E-state index is 10.5. The van der Waals surface area contributed by atoms with Crippen molar-refractivity contribution in [3.8, 4) is 5.88 Å². The monoisotopic (exact) mass is 238 g/mol. The highest BCUT2D eigenvalue weighted by Crippen LogP contribution is 2.23. The second kappa shape index (κ2) is 5.09. The normalized spacial score (nSPS) is 14.2. The minimum Gasteiger partial charge on any atom is -0.481 e. The van der Waals surface area contributed by atoms with Gasteiger partial charge in [-0.2, -0.15) is 4.98 Å². The number of carboxylic acids is 1. The third-order valence-corrected chi connectivity index (χ3v) is 2.59. The maximum atomic E-state index is 10.5. The van der Waals surface area contributed by atoms with Gasteiger partial charge in [0.2, 0.25) is 5.88 Å². The number of carboxylic acid groups (broad SMARTS) is 1. The summed E-state index contributed by atoms with van der Waals surface area (Å²) in [7, 11) is 1.55. The first-order valence-electron chi connectivity index (χ1n) is 5.43. The molecule has 1 aliphatic heterocycles. The van der Waals surface area contributed by atoms with E-state index in [9.17, 15) is 4.79 Å². The van der Waals surface area contributed by atoms with Crippen LogP contribution in [-0.2, 0) is 29.0 Å². The number of fused-ring (bicyclic) bond motifs is 1. The summed E-state index contributed by atoms with van der Waals surface area (Å²) in [6.07, 6.45) is 1.06. The fourth-order valence-electron chi connectivity index (χ4n) is 1.77. The molecule has 0 saturated heterocycles. The van der Waals surface area contributed by atoms with Crippen LogP contribution in [0.15, 0.2) is 0 Å². The average molecular weight is 238 g/mol. The third-order valence-electron chi connectivity index (χ3n) is 2.59. The summed E-state index contributed by atoms with van der Waals surface area (Å²) >= 11 is 0. The Hall–Kier alpha value is -1.69. The van der Waals surface area contributed by atoms with Crippen molar-refractivity contribution in [3.63, 3.8) is 0 Å². The Morgan fingerprint density at radius 2 is 2.35 bits per heavy atom. The molecular weight excluding hydrogens is 224 g/mol. The van der Waals surface area contributed by atoms with Crippen LogP contribution >= 0.6 is 0 Å². The van der Waals surface area contributed by atoms with E-state index in [-0.39, 0.29) is 6.42 Å². The van der Waals surface area contributed by atoms with Crippen molar-refractivity contribution in [2.75, 3.05) is 13.7 Å². The largest absolute Gasteiger partial charge is 0.481 e. The molecule has 0 atom stereocenters. The third kappa shape index (κ3) is 2.71. The summed E-state index contributed by atoms with van der Waals surface area (Å²) in [6, 6.07) is 0. The Morgan fingerprint density at radius 3 is 3.06 bits per heavy atom. The molecular formula is C11H14N2O4. The molecule has 2 heterocycles. The van der Waals surface area contributed by atoms with E-state index in [1.54, 1.807) is 7.11 Å². The topological polar surface area (TPSA) is 81.5 Å². The molecule has 0 bridgehead atoms. The Morgan fingerprint density at radius 1 is 1.53 bits per heavy atom. The highest BCUT2D eigenvalue weighted by Gasteiger charge is 2.18. The van der Waals surface area contributed by atoms with Crippen LogP contribution in [0.4, 0.5) is 0 Å². The van der Waals surface area contributed by atoms with E-state index in [2.05, 4.69) is 9.97 Å². The molecule has 17 heavy (non-hydrogen) atoms. The first kappa shape index (κ1) is 11.8. The van der Waals surface area contributed by atoms with Gasteiger partial charge in [-0.15, -0.1) is 0 Å². The standard InChI is InChI=1S/C11H14N2O4/c1-16-11-7-4-5-17-6-8(7)12-9(13-11)2-3-10(14)15/h2-6H2,1H3,(H,14,15). The van der Waals surface area contributed by atoms with Crippen LogP contribution in [0.2, 0.25) is 0 Å². The fourth-order valence-corrected chi connectivity index (χ4v) is 1.77. The van der Waals surface area contributed by atoms with Crippen LogP contribution in [0.1, 0.15) is 23.5 Å². The van der Waals surface area contributed by atoms with Gasteiger partial charge in [-0.3, -0.25) is 4.79 Å². The lowest BCUT2D eigenvalue weighted by Crippen LogP contribution is -2.16. The van der Waals surface area contributed by atoms with Crippen molar-refractivity contribution in [2.45, 2.75) is 25.9 Å². The molecule has 1 aromatic heterocycles. The van der Waals surface area contributed by atoms with E-state index < -0.39 is 5.97 Å². The molecule has 0 saturated carbocycles. The van der Waals surface area contributed by atoms with E-state index in [0.29, 0.717) is 31.3 Å². The summed E-state index contributed by atoms with van der Waals surface area (Å²) in [5.41, 5.74) is 1.78. The Balaban J connectivity index is 2.26. The smallest absolute Gasteiger partial charge is 0.303 e. The van der Waals surface area contributed by atoms with Gasteiger partial charge < -0.3 is 14.6 Å². The summed E-state index contributed by atoms with van der Waals surface area (Å²) in [6.45, 7) is 1.08.